The van der Waals surface area contributed by atoms with Gasteiger partial charge in [-0.3, -0.25) is 4.79 Å². The molecular formula is C16H26O4. The van der Waals surface area contributed by atoms with Crippen molar-refractivity contribution in [3.8, 4) is 0 Å². The van der Waals surface area contributed by atoms with Gasteiger partial charge in [-0.15, -0.1) is 0 Å². The van der Waals surface area contributed by atoms with Crippen molar-refractivity contribution in [1.82, 2.24) is 0 Å². The highest BCUT2D eigenvalue weighted by atomic mass is 16.6. The molecule has 2 aliphatic rings. The van der Waals surface area contributed by atoms with Crippen LogP contribution in [0.2, 0.25) is 0 Å². The average molecular weight is 282 g/mol. The molecule has 1 heterocycles. The summed E-state index contributed by atoms with van der Waals surface area (Å²) in [5.74, 6) is -0.608. The first-order chi connectivity index (χ1) is 9.13. The highest BCUT2D eigenvalue weighted by Gasteiger charge is 2.69. The Kier molecular flexibility index (Phi) is 3.64. The molecule has 1 aliphatic carbocycles. The van der Waals surface area contributed by atoms with E-state index in [0.717, 1.165) is 19.3 Å². The Balaban J connectivity index is 2.12. The number of rotatable bonds is 4. The van der Waals surface area contributed by atoms with Crippen molar-refractivity contribution in [2.24, 2.45) is 16.2 Å². The second kappa shape index (κ2) is 4.74. The molecule has 20 heavy (non-hydrogen) atoms. The zero-order valence-corrected chi connectivity index (χ0v) is 13.2. The lowest BCUT2D eigenvalue weighted by atomic mass is 9.78. The van der Waals surface area contributed by atoms with Crippen LogP contribution in [0.1, 0.15) is 60.3 Å². The molecule has 0 aromatic heterocycles. The molecule has 1 saturated heterocycles. The van der Waals surface area contributed by atoms with Gasteiger partial charge in [0, 0.05) is 6.42 Å². The normalized spacial score (nSPS) is 36.6. The summed E-state index contributed by atoms with van der Waals surface area (Å²) in [4.78, 5) is 24.1. The van der Waals surface area contributed by atoms with Crippen molar-refractivity contribution in [2.45, 2.75) is 66.4 Å². The predicted molar refractivity (Wildman–Crippen MR) is 75.0 cm³/mol. The summed E-state index contributed by atoms with van der Waals surface area (Å²) < 4.78 is 10.3. The number of hydrogen-bond donors (Lipinski definition) is 0. The summed E-state index contributed by atoms with van der Waals surface area (Å²) in [6.07, 6.45) is 2.40. The van der Waals surface area contributed by atoms with E-state index in [4.69, 9.17) is 9.47 Å². The fourth-order valence-corrected chi connectivity index (χ4v) is 3.48. The number of carbonyl (C=O) groups is 2. The molecule has 0 N–H and O–H groups in total. The van der Waals surface area contributed by atoms with Gasteiger partial charge in [-0.1, -0.05) is 34.6 Å². The van der Waals surface area contributed by atoms with E-state index in [0.29, 0.717) is 13.0 Å². The Morgan fingerprint density at radius 1 is 1.45 bits per heavy atom. The maximum Gasteiger partial charge on any atom is 0.347 e. The van der Waals surface area contributed by atoms with Crippen molar-refractivity contribution in [2.75, 3.05) is 6.61 Å². The van der Waals surface area contributed by atoms with E-state index in [1.54, 1.807) is 0 Å². The smallest absolute Gasteiger partial charge is 0.347 e. The summed E-state index contributed by atoms with van der Waals surface area (Å²) in [5.41, 5.74) is -0.370. The van der Waals surface area contributed by atoms with Gasteiger partial charge in [0.1, 0.15) is 0 Å². The summed E-state index contributed by atoms with van der Waals surface area (Å²) in [5, 5.41) is 0. The van der Waals surface area contributed by atoms with Crippen LogP contribution in [0.25, 0.3) is 0 Å². The van der Waals surface area contributed by atoms with Gasteiger partial charge in [0.05, 0.1) is 12.0 Å². The van der Waals surface area contributed by atoms with E-state index in [1.165, 1.54) is 0 Å². The molecule has 114 valence electrons. The van der Waals surface area contributed by atoms with Crippen LogP contribution in [-0.2, 0) is 19.1 Å². The highest BCUT2D eigenvalue weighted by Crippen LogP contribution is 2.70. The van der Waals surface area contributed by atoms with Crippen molar-refractivity contribution in [3.63, 3.8) is 0 Å². The molecule has 1 aliphatic heterocycles. The average Bonchev–Trinajstić information content (AvgIpc) is 2.70. The van der Waals surface area contributed by atoms with Crippen LogP contribution in [0.15, 0.2) is 0 Å². The lowest BCUT2D eigenvalue weighted by Crippen LogP contribution is -2.33. The minimum absolute atomic E-state index is 0.000127. The summed E-state index contributed by atoms with van der Waals surface area (Å²) in [6, 6.07) is 0. The van der Waals surface area contributed by atoms with Crippen LogP contribution in [0.5, 0.6) is 0 Å². The molecule has 4 nitrogen and oxygen atoms in total. The topological polar surface area (TPSA) is 52.6 Å². The zero-order valence-electron chi connectivity index (χ0n) is 13.2. The number of esters is 2. The van der Waals surface area contributed by atoms with Gasteiger partial charge in [-0.2, -0.15) is 0 Å². The second-order valence-electron chi connectivity index (χ2n) is 7.76. The molecule has 0 aromatic rings. The van der Waals surface area contributed by atoms with Crippen LogP contribution >= 0.6 is 0 Å². The maximum atomic E-state index is 12.7. The molecule has 4 heteroatoms. The Labute approximate surface area is 121 Å². The molecule has 3 unspecified atom stereocenters. The van der Waals surface area contributed by atoms with Gasteiger partial charge in [0.15, 0.2) is 0 Å². The first-order valence-electron chi connectivity index (χ1n) is 7.51. The molecule has 0 aromatic carbocycles. The van der Waals surface area contributed by atoms with Crippen molar-refractivity contribution < 1.29 is 19.1 Å². The van der Waals surface area contributed by atoms with Gasteiger partial charge in [0.2, 0.25) is 6.10 Å². The largest absolute Gasteiger partial charge is 0.463 e. The first-order valence-corrected chi connectivity index (χ1v) is 7.51. The fourth-order valence-electron chi connectivity index (χ4n) is 3.48. The molecule has 3 atom stereocenters. The van der Waals surface area contributed by atoms with Crippen LogP contribution in [0, 0.1) is 16.2 Å². The van der Waals surface area contributed by atoms with E-state index < -0.39 is 17.5 Å². The summed E-state index contributed by atoms with van der Waals surface area (Å²) in [6.45, 7) is 11.0. The van der Waals surface area contributed by atoms with E-state index in [1.807, 2.05) is 0 Å². The second-order valence-corrected chi connectivity index (χ2v) is 7.76. The monoisotopic (exact) mass is 282 g/mol. The van der Waals surface area contributed by atoms with Crippen LogP contribution in [0.3, 0.4) is 0 Å². The summed E-state index contributed by atoms with van der Waals surface area (Å²) >= 11 is 0. The molecular weight excluding hydrogens is 256 g/mol. The van der Waals surface area contributed by atoms with Crippen molar-refractivity contribution in [1.29, 1.82) is 0 Å². The van der Waals surface area contributed by atoms with Crippen LogP contribution < -0.4 is 0 Å². The molecule has 0 radical (unpaired) electrons. The highest BCUT2D eigenvalue weighted by molar-refractivity contribution is 5.86. The molecule has 1 saturated carbocycles. The van der Waals surface area contributed by atoms with Crippen LogP contribution in [0.4, 0.5) is 0 Å². The number of ether oxygens (including phenoxy) is 2. The lowest BCUT2D eigenvalue weighted by molar-refractivity contribution is -0.166. The van der Waals surface area contributed by atoms with Gasteiger partial charge in [-0.25, -0.2) is 4.79 Å². The zero-order chi connectivity index (χ0) is 15.2. The van der Waals surface area contributed by atoms with Gasteiger partial charge < -0.3 is 9.47 Å². The number of cyclic esters (lactones) is 1. The Morgan fingerprint density at radius 2 is 2.10 bits per heavy atom. The van der Waals surface area contributed by atoms with Gasteiger partial charge in [-0.05, 0) is 30.1 Å². The maximum absolute atomic E-state index is 12.7. The number of hydrogen-bond acceptors (Lipinski definition) is 4. The SMILES string of the molecule is CCC1(C)CC1(CC(C)(C)C)C(=O)OC1CCOC1=O. The standard InChI is InChI=1S/C16H26O4/c1-6-15(5)10-16(15,9-14(2,3)4)13(18)20-11-7-8-19-12(11)17/h11H,6-10H2,1-5H3. The molecule has 0 bridgehead atoms. The summed E-state index contributed by atoms with van der Waals surface area (Å²) in [7, 11) is 0. The quantitative estimate of drug-likeness (QED) is 0.744. The molecule has 0 spiro atoms. The third kappa shape index (κ3) is 2.57. The Hall–Kier alpha value is -1.06. The van der Waals surface area contributed by atoms with E-state index in [-0.39, 0.29) is 16.8 Å². The minimum atomic E-state index is -0.693. The third-order valence-electron chi connectivity index (χ3n) is 4.86. The van der Waals surface area contributed by atoms with Gasteiger partial charge >= 0.3 is 11.9 Å². The van der Waals surface area contributed by atoms with Crippen molar-refractivity contribution in [3.05, 3.63) is 0 Å². The first kappa shape index (κ1) is 15.3. The Bertz CT molecular complexity index is 423. The van der Waals surface area contributed by atoms with Gasteiger partial charge in [0.25, 0.3) is 0 Å². The molecule has 2 rings (SSSR count). The molecule has 2 fully saturated rings. The Morgan fingerprint density at radius 3 is 2.50 bits per heavy atom. The van der Waals surface area contributed by atoms with E-state index in [9.17, 15) is 9.59 Å². The third-order valence-corrected chi connectivity index (χ3v) is 4.86. The molecule has 0 amide bonds. The van der Waals surface area contributed by atoms with Crippen LogP contribution in [-0.4, -0.2) is 24.6 Å². The van der Waals surface area contributed by atoms with E-state index >= 15 is 0 Å². The van der Waals surface area contributed by atoms with Crippen molar-refractivity contribution >= 4 is 11.9 Å². The number of carbonyl (C=O) groups excluding carboxylic acids is 2. The predicted octanol–water partition coefficient (Wildman–Crippen LogP) is 3.09. The fraction of sp³-hybridized carbons (Fsp3) is 0.875. The minimum Gasteiger partial charge on any atom is -0.463 e. The lowest BCUT2D eigenvalue weighted by Gasteiger charge is -2.29. The van der Waals surface area contributed by atoms with E-state index in [2.05, 4.69) is 34.6 Å².